The van der Waals surface area contributed by atoms with Gasteiger partial charge in [-0.2, -0.15) is 0 Å². The molecule has 0 aliphatic heterocycles. The summed E-state index contributed by atoms with van der Waals surface area (Å²) >= 11 is 0. The van der Waals surface area contributed by atoms with Gasteiger partial charge in [-0.05, 0) is 6.42 Å². The zero-order valence-electron chi connectivity index (χ0n) is 14.4. The second kappa shape index (κ2) is 14.0. The quantitative estimate of drug-likeness (QED) is 0.287. The molecule has 0 heterocycles. The Morgan fingerprint density at radius 3 is 1.32 bits per heavy atom. The van der Waals surface area contributed by atoms with Crippen LogP contribution in [0.4, 0.5) is 0 Å². The van der Waals surface area contributed by atoms with Crippen LogP contribution in [0.15, 0.2) is 0 Å². The monoisotopic (exact) mass is 316 g/mol. The minimum atomic E-state index is -2.54. The third kappa shape index (κ3) is 13.1. The molecule has 0 rings (SSSR count). The van der Waals surface area contributed by atoms with Gasteiger partial charge >= 0.3 is 5.97 Å². The van der Waals surface area contributed by atoms with E-state index in [0.717, 1.165) is 19.3 Å². The van der Waals surface area contributed by atoms with Gasteiger partial charge in [0.25, 0.3) is 5.79 Å². The Kier molecular flexibility index (Phi) is 13.6. The number of rotatable bonds is 16. The molecule has 0 spiro atoms. The maximum absolute atomic E-state index is 10.5. The Balaban J connectivity index is 3.16. The van der Waals surface area contributed by atoms with Gasteiger partial charge in [0.1, 0.15) is 0 Å². The first kappa shape index (κ1) is 21.4. The van der Waals surface area contributed by atoms with Crippen LogP contribution in [-0.4, -0.2) is 27.1 Å². The summed E-state index contributed by atoms with van der Waals surface area (Å²) in [6.07, 6.45) is 17.0. The van der Waals surface area contributed by atoms with E-state index in [1.165, 1.54) is 64.2 Å². The summed E-state index contributed by atoms with van der Waals surface area (Å²) < 4.78 is 0. The minimum absolute atomic E-state index is 0.0830. The van der Waals surface area contributed by atoms with Crippen molar-refractivity contribution in [2.45, 2.75) is 109 Å². The van der Waals surface area contributed by atoms with Crippen molar-refractivity contribution in [2.24, 2.45) is 0 Å². The lowest BCUT2D eigenvalue weighted by Gasteiger charge is -2.15. The van der Waals surface area contributed by atoms with Crippen molar-refractivity contribution in [1.82, 2.24) is 0 Å². The fourth-order valence-electron chi connectivity index (χ4n) is 2.67. The molecule has 0 aliphatic carbocycles. The fraction of sp³-hybridized carbons (Fsp3) is 0.944. The lowest BCUT2D eigenvalue weighted by atomic mass is 10.0. The fourth-order valence-corrected chi connectivity index (χ4v) is 2.67. The van der Waals surface area contributed by atoms with E-state index in [0.29, 0.717) is 6.42 Å². The summed E-state index contributed by atoms with van der Waals surface area (Å²) in [6, 6.07) is 0. The summed E-state index contributed by atoms with van der Waals surface area (Å²) in [4.78, 5) is 10.5. The Hall–Kier alpha value is -0.610. The van der Waals surface area contributed by atoms with E-state index >= 15 is 0 Å². The highest BCUT2D eigenvalue weighted by atomic mass is 16.5. The van der Waals surface area contributed by atoms with Crippen molar-refractivity contribution < 1.29 is 20.1 Å². The van der Waals surface area contributed by atoms with Crippen LogP contribution in [0.5, 0.6) is 0 Å². The van der Waals surface area contributed by atoms with Crippen LogP contribution in [0.2, 0.25) is 0 Å². The van der Waals surface area contributed by atoms with E-state index in [4.69, 9.17) is 15.3 Å². The van der Waals surface area contributed by atoms with Crippen LogP contribution >= 0.6 is 0 Å². The number of carboxylic acid groups (broad SMARTS) is 1. The average molecular weight is 316 g/mol. The second-order valence-corrected chi connectivity index (χ2v) is 6.47. The SMILES string of the molecule is CCCCCCCCCCCCCCCCC(O)(O)C(=O)O. The highest BCUT2D eigenvalue weighted by Gasteiger charge is 2.31. The van der Waals surface area contributed by atoms with Crippen LogP contribution < -0.4 is 0 Å². The molecule has 0 saturated heterocycles. The number of carbonyl (C=O) groups is 1. The summed E-state index contributed by atoms with van der Waals surface area (Å²) in [5.74, 6) is -4.10. The van der Waals surface area contributed by atoms with Crippen molar-refractivity contribution in [3.63, 3.8) is 0 Å². The van der Waals surface area contributed by atoms with E-state index in [2.05, 4.69) is 6.92 Å². The highest BCUT2D eigenvalue weighted by Crippen LogP contribution is 2.15. The van der Waals surface area contributed by atoms with Crippen molar-refractivity contribution in [1.29, 1.82) is 0 Å². The first-order valence-corrected chi connectivity index (χ1v) is 9.19. The number of aliphatic hydroxyl groups is 2. The maximum atomic E-state index is 10.5. The molecule has 132 valence electrons. The van der Waals surface area contributed by atoms with Gasteiger partial charge in [0.2, 0.25) is 0 Å². The molecule has 0 aromatic rings. The number of hydrogen-bond donors (Lipinski definition) is 3. The summed E-state index contributed by atoms with van der Waals surface area (Å²) in [5, 5.41) is 26.8. The van der Waals surface area contributed by atoms with Crippen LogP contribution in [0.1, 0.15) is 103 Å². The molecular formula is C18H36O4. The molecule has 3 N–H and O–H groups in total. The standard InChI is InChI=1S/C18H36O4/c1-2-3-4-5-6-7-8-9-10-11-12-13-14-15-16-18(21,22)17(19)20/h21-22H,2-16H2,1H3,(H,19,20). The normalized spacial score (nSPS) is 11.8. The Morgan fingerprint density at radius 1 is 0.682 bits per heavy atom. The molecule has 0 unspecified atom stereocenters. The van der Waals surface area contributed by atoms with E-state index in [1.807, 2.05) is 0 Å². The zero-order chi connectivity index (χ0) is 16.7. The van der Waals surface area contributed by atoms with Crippen molar-refractivity contribution in [3.8, 4) is 0 Å². The van der Waals surface area contributed by atoms with E-state index in [9.17, 15) is 4.79 Å². The van der Waals surface area contributed by atoms with Crippen LogP contribution in [-0.2, 0) is 4.79 Å². The molecule has 0 aliphatic rings. The summed E-state index contributed by atoms with van der Waals surface area (Å²) in [7, 11) is 0. The number of aliphatic carboxylic acids is 1. The molecule has 0 aromatic carbocycles. The predicted octanol–water partition coefficient (Wildman–Crippen LogP) is 4.62. The van der Waals surface area contributed by atoms with Crippen molar-refractivity contribution in [2.75, 3.05) is 0 Å². The zero-order valence-corrected chi connectivity index (χ0v) is 14.4. The lowest BCUT2D eigenvalue weighted by molar-refractivity contribution is -0.205. The van der Waals surface area contributed by atoms with Gasteiger partial charge in [0, 0.05) is 6.42 Å². The van der Waals surface area contributed by atoms with Gasteiger partial charge < -0.3 is 15.3 Å². The van der Waals surface area contributed by atoms with Crippen molar-refractivity contribution in [3.05, 3.63) is 0 Å². The number of unbranched alkanes of at least 4 members (excludes halogenated alkanes) is 13. The van der Waals surface area contributed by atoms with E-state index < -0.39 is 11.8 Å². The highest BCUT2D eigenvalue weighted by molar-refractivity contribution is 5.74. The Morgan fingerprint density at radius 2 is 1.00 bits per heavy atom. The molecule has 0 saturated carbocycles. The minimum Gasteiger partial charge on any atom is -0.477 e. The molecule has 4 nitrogen and oxygen atoms in total. The first-order chi connectivity index (χ1) is 10.5. The summed E-state index contributed by atoms with van der Waals surface area (Å²) in [5.41, 5.74) is 0. The third-order valence-electron chi connectivity index (χ3n) is 4.22. The molecule has 0 fully saturated rings. The molecule has 0 aromatic heterocycles. The maximum Gasteiger partial charge on any atom is 0.364 e. The van der Waals surface area contributed by atoms with Gasteiger partial charge in [0.15, 0.2) is 0 Å². The van der Waals surface area contributed by atoms with Crippen LogP contribution in [0.25, 0.3) is 0 Å². The first-order valence-electron chi connectivity index (χ1n) is 9.19. The lowest BCUT2D eigenvalue weighted by Crippen LogP contribution is -2.37. The van der Waals surface area contributed by atoms with E-state index in [-0.39, 0.29) is 6.42 Å². The smallest absolute Gasteiger partial charge is 0.364 e. The molecular weight excluding hydrogens is 280 g/mol. The average Bonchev–Trinajstić information content (AvgIpc) is 2.47. The van der Waals surface area contributed by atoms with Gasteiger partial charge in [-0.15, -0.1) is 0 Å². The summed E-state index contributed by atoms with van der Waals surface area (Å²) in [6.45, 7) is 2.25. The number of carboxylic acids is 1. The van der Waals surface area contributed by atoms with Crippen molar-refractivity contribution >= 4 is 5.97 Å². The molecule has 0 atom stereocenters. The molecule has 0 bridgehead atoms. The molecule has 4 heteroatoms. The van der Waals surface area contributed by atoms with Gasteiger partial charge in [-0.25, -0.2) is 4.79 Å². The van der Waals surface area contributed by atoms with Gasteiger partial charge in [-0.1, -0.05) is 90.4 Å². The van der Waals surface area contributed by atoms with E-state index in [1.54, 1.807) is 0 Å². The molecule has 0 radical (unpaired) electrons. The van der Waals surface area contributed by atoms with Gasteiger partial charge in [0.05, 0.1) is 0 Å². The second-order valence-electron chi connectivity index (χ2n) is 6.47. The van der Waals surface area contributed by atoms with Crippen LogP contribution in [0, 0.1) is 0 Å². The largest absolute Gasteiger partial charge is 0.477 e. The molecule has 22 heavy (non-hydrogen) atoms. The predicted molar refractivity (Wildman–Crippen MR) is 89.7 cm³/mol. The molecule has 0 amide bonds. The third-order valence-corrected chi connectivity index (χ3v) is 4.22. The Bertz CT molecular complexity index is 264. The Labute approximate surface area is 135 Å². The number of hydrogen-bond acceptors (Lipinski definition) is 3. The van der Waals surface area contributed by atoms with Gasteiger partial charge in [-0.3, -0.25) is 0 Å². The van der Waals surface area contributed by atoms with Crippen LogP contribution in [0.3, 0.4) is 0 Å². The topological polar surface area (TPSA) is 77.8 Å².